The van der Waals surface area contributed by atoms with Crippen LogP contribution in [-0.4, -0.2) is 24.8 Å². The van der Waals surface area contributed by atoms with Gasteiger partial charge < -0.3 is 10.1 Å². The number of halogens is 1. The third-order valence-corrected chi connectivity index (χ3v) is 4.79. The van der Waals surface area contributed by atoms with Crippen molar-refractivity contribution >= 4 is 15.9 Å². The van der Waals surface area contributed by atoms with Crippen molar-refractivity contribution in [2.75, 3.05) is 13.2 Å². The van der Waals surface area contributed by atoms with Gasteiger partial charge in [-0.15, -0.1) is 0 Å². The van der Waals surface area contributed by atoms with E-state index in [9.17, 15) is 0 Å². The standard InChI is InChI=1S/C17H26BrNO/c1-3-19-16(13-14-8-7-9-15(18)12-14)17(20-4-2)10-5-6-11-17/h7-9,12,16,19H,3-6,10-11,13H2,1-2H3. The Morgan fingerprint density at radius 2 is 2.05 bits per heavy atom. The smallest absolute Gasteiger partial charge is 0.0837 e. The molecule has 1 atom stereocenters. The molecule has 0 bridgehead atoms. The topological polar surface area (TPSA) is 21.3 Å². The molecule has 1 aromatic carbocycles. The van der Waals surface area contributed by atoms with Crippen molar-refractivity contribution in [3.63, 3.8) is 0 Å². The molecule has 0 amide bonds. The summed E-state index contributed by atoms with van der Waals surface area (Å²) in [5.74, 6) is 0. The lowest BCUT2D eigenvalue weighted by Crippen LogP contribution is -2.52. The van der Waals surface area contributed by atoms with Crippen LogP contribution in [0.25, 0.3) is 0 Å². The lowest BCUT2D eigenvalue weighted by Gasteiger charge is -2.38. The van der Waals surface area contributed by atoms with Gasteiger partial charge in [-0.2, -0.15) is 0 Å². The minimum Gasteiger partial charge on any atom is -0.374 e. The van der Waals surface area contributed by atoms with Gasteiger partial charge in [0.2, 0.25) is 0 Å². The second-order valence-corrected chi connectivity index (χ2v) is 6.56. The summed E-state index contributed by atoms with van der Waals surface area (Å²) in [6.45, 7) is 6.10. The second kappa shape index (κ2) is 7.58. The van der Waals surface area contributed by atoms with Crippen molar-refractivity contribution in [2.45, 2.75) is 57.6 Å². The fraction of sp³-hybridized carbons (Fsp3) is 0.647. The minimum atomic E-state index is 0.0348. The molecule has 1 aliphatic carbocycles. The van der Waals surface area contributed by atoms with E-state index in [0.717, 1.165) is 24.0 Å². The summed E-state index contributed by atoms with van der Waals surface area (Å²) >= 11 is 3.57. The van der Waals surface area contributed by atoms with Crippen LogP contribution in [0.4, 0.5) is 0 Å². The van der Waals surface area contributed by atoms with Crippen LogP contribution in [0.15, 0.2) is 28.7 Å². The van der Waals surface area contributed by atoms with Crippen molar-refractivity contribution in [3.8, 4) is 0 Å². The van der Waals surface area contributed by atoms with Crippen molar-refractivity contribution in [2.24, 2.45) is 0 Å². The van der Waals surface area contributed by atoms with Crippen LogP contribution in [0.1, 0.15) is 45.1 Å². The first-order chi connectivity index (χ1) is 9.70. The Labute approximate surface area is 131 Å². The molecule has 0 radical (unpaired) electrons. The Bertz CT molecular complexity index is 415. The van der Waals surface area contributed by atoms with E-state index < -0.39 is 0 Å². The number of nitrogens with one attached hydrogen (secondary N) is 1. The van der Waals surface area contributed by atoms with E-state index in [-0.39, 0.29) is 5.60 Å². The molecule has 0 aliphatic heterocycles. The number of likely N-dealkylation sites (N-methyl/N-ethyl adjacent to an activating group) is 1. The maximum Gasteiger partial charge on any atom is 0.0837 e. The third-order valence-electron chi connectivity index (χ3n) is 4.30. The van der Waals surface area contributed by atoms with Crippen molar-refractivity contribution in [1.82, 2.24) is 5.32 Å². The zero-order chi connectivity index (χ0) is 14.4. The first kappa shape index (κ1) is 16.0. The first-order valence-electron chi connectivity index (χ1n) is 7.82. The largest absolute Gasteiger partial charge is 0.374 e. The molecular weight excluding hydrogens is 314 g/mol. The van der Waals surface area contributed by atoms with Gasteiger partial charge in [0.05, 0.1) is 5.60 Å². The molecule has 1 fully saturated rings. The van der Waals surface area contributed by atoms with Crippen molar-refractivity contribution < 1.29 is 4.74 Å². The van der Waals surface area contributed by atoms with Gasteiger partial charge in [0.25, 0.3) is 0 Å². The number of hydrogen-bond donors (Lipinski definition) is 1. The Hall–Kier alpha value is -0.380. The van der Waals surface area contributed by atoms with E-state index in [2.05, 4.69) is 59.4 Å². The highest BCUT2D eigenvalue weighted by molar-refractivity contribution is 9.10. The zero-order valence-electron chi connectivity index (χ0n) is 12.6. The molecule has 20 heavy (non-hydrogen) atoms. The van der Waals surface area contributed by atoms with Crippen LogP contribution in [0.3, 0.4) is 0 Å². The van der Waals surface area contributed by atoms with E-state index in [4.69, 9.17) is 4.74 Å². The van der Waals surface area contributed by atoms with E-state index in [1.54, 1.807) is 0 Å². The molecule has 1 saturated carbocycles. The monoisotopic (exact) mass is 339 g/mol. The Balaban J connectivity index is 2.16. The van der Waals surface area contributed by atoms with Crippen LogP contribution in [-0.2, 0) is 11.2 Å². The molecule has 0 spiro atoms. The predicted molar refractivity (Wildman–Crippen MR) is 88.1 cm³/mol. The Kier molecular flexibility index (Phi) is 6.06. The second-order valence-electron chi connectivity index (χ2n) is 5.65. The summed E-state index contributed by atoms with van der Waals surface area (Å²) in [6, 6.07) is 9.04. The summed E-state index contributed by atoms with van der Waals surface area (Å²) in [5.41, 5.74) is 1.41. The van der Waals surface area contributed by atoms with E-state index in [1.165, 1.54) is 31.2 Å². The fourth-order valence-corrected chi connectivity index (χ4v) is 3.89. The summed E-state index contributed by atoms with van der Waals surface area (Å²) in [7, 11) is 0. The molecular formula is C17H26BrNO. The van der Waals surface area contributed by atoms with Crippen LogP contribution < -0.4 is 5.32 Å². The normalized spacial score (nSPS) is 19.1. The molecule has 1 aromatic rings. The highest BCUT2D eigenvalue weighted by Gasteiger charge is 2.41. The molecule has 0 saturated heterocycles. The minimum absolute atomic E-state index is 0.0348. The molecule has 1 aliphatic rings. The average Bonchev–Trinajstić information content (AvgIpc) is 2.89. The van der Waals surface area contributed by atoms with Crippen LogP contribution >= 0.6 is 15.9 Å². The molecule has 0 aromatic heterocycles. The SMILES string of the molecule is CCNC(Cc1cccc(Br)c1)C1(OCC)CCCC1. The van der Waals surface area contributed by atoms with Crippen LogP contribution in [0, 0.1) is 0 Å². The lowest BCUT2D eigenvalue weighted by molar-refractivity contribution is -0.0609. The number of hydrogen-bond acceptors (Lipinski definition) is 2. The zero-order valence-corrected chi connectivity index (χ0v) is 14.2. The average molecular weight is 340 g/mol. The predicted octanol–water partition coefficient (Wildman–Crippen LogP) is 4.32. The van der Waals surface area contributed by atoms with Gasteiger partial charge in [-0.05, 0) is 50.4 Å². The van der Waals surface area contributed by atoms with Gasteiger partial charge in [0, 0.05) is 17.1 Å². The molecule has 112 valence electrons. The fourth-order valence-electron chi connectivity index (χ4n) is 3.44. The van der Waals surface area contributed by atoms with Gasteiger partial charge in [0.1, 0.15) is 0 Å². The first-order valence-corrected chi connectivity index (χ1v) is 8.61. The maximum absolute atomic E-state index is 6.23. The summed E-state index contributed by atoms with van der Waals surface area (Å²) in [4.78, 5) is 0. The molecule has 0 heterocycles. The Morgan fingerprint density at radius 3 is 2.65 bits per heavy atom. The maximum atomic E-state index is 6.23. The molecule has 3 heteroatoms. The van der Waals surface area contributed by atoms with Gasteiger partial charge in [0.15, 0.2) is 0 Å². The summed E-state index contributed by atoms with van der Waals surface area (Å²) < 4.78 is 7.39. The number of benzene rings is 1. The van der Waals surface area contributed by atoms with Gasteiger partial charge in [-0.3, -0.25) is 0 Å². The highest BCUT2D eigenvalue weighted by atomic mass is 79.9. The summed E-state index contributed by atoms with van der Waals surface area (Å²) in [6.07, 6.45) is 5.99. The Morgan fingerprint density at radius 1 is 1.30 bits per heavy atom. The quantitative estimate of drug-likeness (QED) is 0.798. The van der Waals surface area contributed by atoms with Crippen molar-refractivity contribution in [3.05, 3.63) is 34.3 Å². The highest BCUT2D eigenvalue weighted by Crippen LogP contribution is 2.37. The molecule has 2 rings (SSSR count). The van der Waals surface area contributed by atoms with E-state index >= 15 is 0 Å². The van der Waals surface area contributed by atoms with Crippen molar-refractivity contribution in [1.29, 1.82) is 0 Å². The molecule has 2 nitrogen and oxygen atoms in total. The molecule has 1 unspecified atom stereocenters. The van der Waals surface area contributed by atoms with E-state index in [0.29, 0.717) is 6.04 Å². The van der Waals surface area contributed by atoms with Crippen LogP contribution in [0.2, 0.25) is 0 Å². The number of rotatable bonds is 7. The lowest BCUT2D eigenvalue weighted by atomic mass is 9.87. The van der Waals surface area contributed by atoms with Crippen LogP contribution in [0.5, 0.6) is 0 Å². The van der Waals surface area contributed by atoms with Gasteiger partial charge in [-0.25, -0.2) is 0 Å². The van der Waals surface area contributed by atoms with Gasteiger partial charge in [-0.1, -0.05) is 47.8 Å². The summed E-state index contributed by atoms with van der Waals surface area (Å²) in [5, 5.41) is 3.68. The molecule has 1 N–H and O–H groups in total. The van der Waals surface area contributed by atoms with Gasteiger partial charge >= 0.3 is 0 Å². The number of ether oxygens (including phenoxy) is 1. The van der Waals surface area contributed by atoms with E-state index in [1.807, 2.05) is 0 Å². The third kappa shape index (κ3) is 3.84.